The van der Waals surface area contributed by atoms with Gasteiger partial charge in [0.2, 0.25) is 0 Å². The first-order chi connectivity index (χ1) is 12.1. The van der Waals surface area contributed by atoms with Crippen LogP contribution in [-0.4, -0.2) is 5.11 Å². The fraction of sp³-hybridized carbons (Fsp3) is 0. The van der Waals surface area contributed by atoms with E-state index in [9.17, 15) is 5.11 Å². The predicted molar refractivity (Wildman–Crippen MR) is 97.2 cm³/mol. The fourth-order valence-corrected chi connectivity index (χ4v) is 2.68. The molecule has 0 aromatic heterocycles. The number of nitriles is 2. The van der Waals surface area contributed by atoms with Crippen molar-refractivity contribution in [3.05, 3.63) is 76.3 Å². The van der Waals surface area contributed by atoms with Gasteiger partial charge in [0.25, 0.3) is 0 Å². The molecule has 3 rings (SSSR count). The van der Waals surface area contributed by atoms with Crippen LogP contribution >= 0.6 is 15.9 Å². The fourth-order valence-electron chi connectivity index (χ4n) is 2.42. The minimum Gasteiger partial charge on any atom is -0.507 e. The van der Waals surface area contributed by atoms with E-state index in [1.54, 1.807) is 24.3 Å². The molecule has 0 saturated heterocycles. The van der Waals surface area contributed by atoms with Gasteiger partial charge in [0.1, 0.15) is 29.4 Å². The molecule has 1 N–H and O–H groups in total. The van der Waals surface area contributed by atoms with Crippen molar-refractivity contribution in [3.63, 3.8) is 0 Å². The molecule has 5 heteroatoms. The number of hydrogen-bond donors (Lipinski definition) is 1. The first kappa shape index (κ1) is 16.6. The Morgan fingerprint density at radius 2 is 1.60 bits per heavy atom. The predicted octanol–water partition coefficient (Wildman–Crippen LogP) is 5.36. The molecule has 0 atom stereocenters. The molecule has 0 aliphatic heterocycles. The zero-order chi connectivity index (χ0) is 17.8. The van der Waals surface area contributed by atoms with Crippen LogP contribution in [-0.2, 0) is 0 Å². The van der Waals surface area contributed by atoms with Gasteiger partial charge in [-0.05, 0) is 48.0 Å². The van der Waals surface area contributed by atoms with E-state index in [1.165, 1.54) is 12.1 Å². The van der Waals surface area contributed by atoms with Crippen LogP contribution in [0, 0.1) is 22.7 Å². The summed E-state index contributed by atoms with van der Waals surface area (Å²) in [4.78, 5) is 0. The normalized spacial score (nSPS) is 9.88. The van der Waals surface area contributed by atoms with E-state index < -0.39 is 0 Å². The van der Waals surface area contributed by atoms with Crippen molar-refractivity contribution < 1.29 is 9.84 Å². The first-order valence-electron chi connectivity index (χ1n) is 7.32. The van der Waals surface area contributed by atoms with Crippen LogP contribution in [0.25, 0.3) is 11.1 Å². The van der Waals surface area contributed by atoms with Crippen LogP contribution in [0.1, 0.15) is 11.1 Å². The SMILES string of the molecule is N#Cc1ccc(Oc2cccc(O)c2-c2ccc(Br)cc2)cc1C#N. The highest BCUT2D eigenvalue weighted by Gasteiger charge is 2.13. The lowest BCUT2D eigenvalue weighted by atomic mass is 10.0. The zero-order valence-corrected chi connectivity index (χ0v) is 14.5. The maximum atomic E-state index is 10.3. The molecule has 0 aliphatic carbocycles. The Kier molecular flexibility index (Phi) is 4.70. The summed E-state index contributed by atoms with van der Waals surface area (Å²) in [6, 6.07) is 21.1. The maximum Gasteiger partial charge on any atom is 0.138 e. The number of phenols is 1. The van der Waals surface area contributed by atoms with Gasteiger partial charge in [0.15, 0.2) is 0 Å². The highest BCUT2D eigenvalue weighted by molar-refractivity contribution is 9.10. The van der Waals surface area contributed by atoms with Crippen molar-refractivity contribution in [1.82, 2.24) is 0 Å². The van der Waals surface area contributed by atoms with Gasteiger partial charge < -0.3 is 9.84 Å². The first-order valence-corrected chi connectivity index (χ1v) is 8.11. The van der Waals surface area contributed by atoms with Gasteiger partial charge in [-0.15, -0.1) is 0 Å². The number of aromatic hydroxyl groups is 1. The number of ether oxygens (including phenoxy) is 1. The summed E-state index contributed by atoms with van der Waals surface area (Å²) in [5.41, 5.74) is 1.88. The smallest absolute Gasteiger partial charge is 0.138 e. The van der Waals surface area contributed by atoms with Crippen LogP contribution < -0.4 is 4.74 Å². The largest absolute Gasteiger partial charge is 0.507 e. The number of phenolic OH excluding ortho intramolecular Hbond substituents is 1. The average Bonchev–Trinajstić information content (AvgIpc) is 2.63. The Morgan fingerprint density at radius 1 is 0.880 bits per heavy atom. The van der Waals surface area contributed by atoms with E-state index in [0.29, 0.717) is 22.6 Å². The number of benzene rings is 3. The van der Waals surface area contributed by atoms with Crippen molar-refractivity contribution in [2.45, 2.75) is 0 Å². The van der Waals surface area contributed by atoms with Crippen molar-refractivity contribution in [3.8, 4) is 40.5 Å². The molecule has 0 spiro atoms. The molecule has 0 saturated carbocycles. The molecule has 0 heterocycles. The van der Waals surface area contributed by atoms with E-state index >= 15 is 0 Å². The molecule has 4 nitrogen and oxygen atoms in total. The van der Waals surface area contributed by atoms with E-state index in [-0.39, 0.29) is 11.3 Å². The van der Waals surface area contributed by atoms with Gasteiger partial charge in [-0.25, -0.2) is 0 Å². The minimum atomic E-state index is 0.0916. The lowest BCUT2D eigenvalue weighted by molar-refractivity contribution is 0.458. The summed E-state index contributed by atoms with van der Waals surface area (Å²) in [6.07, 6.45) is 0. The summed E-state index contributed by atoms with van der Waals surface area (Å²) in [5, 5.41) is 28.4. The van der Waals surface area contributed by atoms with Crippen LogP contribution in [0.15, 0.2) is 65.1 Å². The standard InChI is InChI=1S/C20H11BrN2O2/c21-16-7-4-13(5-8-16)20-18(24)2-1-3-19(20)25-17-9-6-14(11-22)15(10-17)12-23/h1-10,24H. The van der Waals surface area contributed by atoms with E-state index in [0.717, 1.165) is 10.0 Å². The molecule has 3 aromatic carbocycles. The molecule has 0 radical (unpaired) electrons. The van der Waals surface area contributed by atoms with E-state index in [1.807, 2.05) is 36.4 Å². The maximum absolute atomic E-state index is 10.3. The zero-order valence-electron chi connectivity index (χ0n) is 12.9. The average molecular weight is 391 g/mol. The number of rotatable bonds is 3. The highest BCUT2D eigenvalue weighted by atomic mass is 79.9. The Labute approximate surface area is 153 Å². The van der Waals surface area contributed by atoms with Gasteiger partial charge in [0.05, 0.1) is 16.7 Å². The summed E-state index contributed by atoms with van der Waals surface area (Å²) >= 11 is 3.39. The van der Waals surface area contributed by atoms with Crippen LogP contribution in [0.5, 0.6) is 17.2 Å². The second-order valence-corrected chi connectivity index (χ2v) is 6.11. The molecule has 0 aliphatic rings. The Morgan fingerprint density at radius 3 is 2.28 bits per heavy atom. The Bertz CT molecular complexity index is 1020. The molecular weight excluding hydrogens is 380 g/mol. The second kappa shape index (κ2) is 7.09. The van der Waals surface area contributed by atoms with Gasteiger partial charge >= 0.3 is 0 Å². The summed E-state index contributed by atoms with van der Waals surface area (Å²) in [5.74, 6) is 0.962. The molecule has 120 valence electrons. The number of halogens is 1. The van der Waals surface area contributed by atoms with Gasteiger partial charge in [-0.1, -0.05) is 34.1 Å². The molecule has 3 aromatic rings. The van der Waals surface area contributed by atoms with Crippen molar-refractivity contribution >= 4 is 15.9 Å². The molecule has 0 amide bonds. The van der Waals surface area contributed by atoms with Crippen molar-refractivity contribution in [1.29, 1.82) is 10.5 Å². The van der Waals surface area contributed by atoms with Crippen LogP contribution in [0.4, 0.5) is 0 Å². The third-order valence-corrected chi connectivity index (χ3v) is 4.13. The van der Waals surface area contributed by atoms with Gasteiger partial charge in [-0.2, -0.15) is 10.5 Å². The Balaban J connectivity index is 2.05. The minimum absolute atomic E-state index is 0.0916. The monoisotopic (exact) mass is 390 g/mol. The van der Waals surface area contributed by atoms with Gasteiger partial charge in [0, 0.05) is 4.47 Å². The van der Waals surface area contributed by atoms with Crippen molar-refractivity contribution in [2.75, 3.05) is 0 Å². The molecule has 0 bridgehead atoms. The van der Waals surface area contributed by atoms with E-state index in [4.69, 9.17) is 15.3 Å². The summed E-state index contributed by atoms with van der Waals surface area (Å²) in [7, 11) is 0. The third-order valence-electron chi connectivity index (χ3n) is 3.60. The topological polar surface area (TPSA) is 77.0 Å². The highest BCUT2D eigenvalue weighted by Crippen LogP contribution is 2.40. The quantitative estimate of drug-likeness (QED) is 0.652. The molecule has 0 fully saturated rings. The summed E-state index contributed by atoms with van der Waals surface area (Å²) < 4.78 is 6.82. The molecule has 0 unspecified atom stereocenters. The number of nitrogens with zero attached hydrogens (tertiary/aromatic N) is 2. The van der Waals surface area contributed by atoms with Crippen molar-refractivity contribution in [2.24, 2.45) is 0 Å². The number of hydrogen-bond acceptors (Lipinski definition) is 4. The van der Waals surface area contributed by atoms with E-state index in [2.05, 4.69) is 15.9 Å². The van der Waals surface area contributed by atoms with Gasteiger partial charge in [-0.3, -0.25) is 0 Å². The van der Waals surface area contributed by atoms with Crippen LogP contribution in [0.3, 0.4) is 0 Å². The lowest BCUT2D eigenvalue weighted by Gasteiger charge is -2.13. The third kappa shape index (κ3) is 3.47. The Hall–Kier alpha value is -3.28. The molecule has 25 heavy (non-hydrogen) atoms. The second-order valence-electron chi connectivity index (χ2n) is 5.19. The van der Waals surface area contributed by atoms with Crippen LogP contribution in [0.2, 0.25) is 0 Å². The summed E-state index contributed by atoms with van der Waals surface area (Å²) in [6.45, 7) is 0. The molecular formula is C20H11BrN2O2. The lowest BCUT2D eigenvalue weighted by Crippen LogP contribution is -1.91.